The standard InChI is InChI=1S/C23H13NPS2.C11H8N.Ir/c1-3-10-19-17(8-1)25-18-9-2-4-11-20(18)27-22-14-15(13-21(26-19)23(22)25)16-7-5-6-12-24-16;1-2-6-10(7-3-1)11-8-4-5-9-12-11;/h1-13H;1-6,8-9H;/q2*-1;. The third-order valence-corrected chi connectivity index (χ3v) is 11.9. The minimum absolute atomic E-state index is 0. The maximum absolute atomic E-state index is 4.55. The Morgan fingerprint density at radius 3 is 1.80 bits per heavy atom. The van der Waals surface area contributed by atoms with Gasteiger partial charge in [-0.05, 0) is 46.3 Å². The molecule has 4 aromatic carbocycles. The van der Waals surface area contributed by atoms with Crippen LogP contribution in [0.2, 0.25) is 0 Å². The van der Waals surface area contributed by atoms with Crippen LogP contribution in [0.25, 0.3) is 22.5 Å². The van der Waals surface area contributed by atoms with E-state index in [0.717, 1.165) is 22.5 Å². The van der Waals surface area contributed by atoms with Gasteiger partial charge >= 0.3 is 0 Å². The molecule has 2 aromatic heterocycles. The summed E-state index contributed by atoms with van der Waals surface area (Å²) in [4.78, 5) is 14.1. The van der Waals surface area contributed by atoms with Crippen LogP contribution in [0.15, 0.2) is 147 Å². The number of benzene rings is 4. The van der Waals surface area contributed by atoms with Crippen molar-refractivity contribution in [3.05, 3.63) is 140 Å². The van der Waals surface area contributed by atoms with Crippen molar-refractivity contribution in [2.75, 3.05) is 0 Å². The van der Waals surface area contributed by atoms with Crippen LogP contribution in [-0.4, -0.2) is 9.97 Å². The number of aromatic nitrogens is 2. The molecule has 6 heteroatoms. The molecule has 1 unspecified atom stereocenters. The molecule has 0 amide bonds. The molecular weight excluding hydrogens is 724 g/mol. The van der Waals surface area contributed by atoms with Gasteiger partial charge in [-0.15, -0.1) is 77.1 Å². The smallest absolute Gasteiger partial charge is 0.0182 e. The number of hydrogen-bond donors (Lipinski definition) is 0. The van der Waals surface area contributed by atoms with E-state index in [4.69, 9.17) is 0 Å². The molecule has 195 valence electrons. The van der Waals surface area contributed by atoms with E-state index >= 15 is 0 Å². The number of rotatable bonds is 2. The summed E-state index contributed by atoms with van der Waals surface area (Å²) in [6.45, 7) is 0. The molecule has 0 saturated heterocycles. The average Bonchev–Trinajstić information content (AvgIpc) is 3.02. The SMILES string of the molecule is [Ir].[c-]1c(-c2ccccn2)cc2c3c1Sc1ccccc1P3c1ccccc1S2.[c-]1ccccc1-c1ccccn1. The Morgan fingerprint density at radius 2 is 1.18 bits per heavy atom. The van der Waals surface area contributed by atoms with E-state index in [1.165, 1.54) is 35.5 Å². The molecule has 40 heavy (non-hydrogen) atoms. The number of pyridine rings is 2. The molecule has 0 aliphatic carbocycles. The van der Waals surface area contributed by atoms with Crippen LogP contribution in [0, 0.1) is 12.1 Å². The van der Waals surface area contributed by atoms with Gasteiger partial charge in [-0.25, -0.2) is 0 Å². The Bertz CT molecular complexity index is 1660. The van der Waals surface area contributed by atoms with Crippen molar-refractivity contribution in [2.45, 2.75) is 19.6 Å². The van der Waals surface area contributed by atoms with Crippen molar-refractivity contribution in [3.63, 3.8) is 0 Å². The molecule has 6 aromatic rings. The number of nitrogens with zero attached hydrogens (tertiary/aromatic N) is 2. The zero-order chi connectivity index (χ0) is 26.0. The van der Waals surface area contributed by atoms with E-state index < -0.39 is 7.92 Å². The minimum atomic E-state index is -0.526. The summed E-state index contributed by atoms with van der Waals surface area (Å²) in [5.74, 6) is 0. The summed E-state index contributed by atoms with van der Waals surface area (Å²) >= 11 is 3.74. The zero-order valence-electron chi connectivity index (χ0n) is 21.1. The van der Waals surface area contributed by atoms with Gasteiger partial charge in [-0.2, -0.15) is 0 Å². The van der Waals surface area contributed by atoms with E-state index in [-0.39, 0.29) is 20.1 Å². The van der Waals surface area contributed by atoms with Crippen molar-refractivity contribution in [1.29, 1.82) is 0 Å². The second-order valence-electron chi connectivity index (χ2n) is 8.91. The second kappa shape index (κ2) is 12.2. The first-order chi connectivity index (χ1) is 19.3. The van der Waals surface area contributed by atoms with Crippen LogP contribution in [0.3, 0.4) is 0 Å². The number of hydrogen-bond acceptors (Lipinski definition) is 4. The molecule has 0 bridgehead atoms. The van der Waals surface area contributed by atoms with E-state index in [2.05, 4.69) is 82.8 Å². The molecule has 2 aliphatic rings. The predicted octanol–water partition coefficient (Wildman–Crippen LogP) is 7.78. The normalized spacial score (nSPS) is 13.8. The summed E-state index contributed by atoms with van der Waals surface area (Å²) in [7, 11) is -0.526. The molecule has 2 nitrogen and oxygen atoms in total. The third-order valence-electron chi connectivity index (χ3n) is 6.43. The van der Waals surface area contributed by atoms with Gasteiger partial charge < -0.3 is 9.97 Å². The van der Waals surface area contributed by atoms with Gasteiger partial charge in [0.05, 0.1) is 0 Å². The third kappa shape index (κ3) is 5.33. The zero-order valence-corrected chi connectivity index (χ0v) is 26.0. The summed E-state index contributed by atoms with van der Waals surface area (Å²) in [5.41, 5.74) is 4.08. The van der Waals surface area contributed by atoms with Crippen LogP contribution >= 0.6 is 31.4 Å². The van der Waals surface area contributed by atoms with Gasteiger partial charge in [0, 0.05) is 42.3 Å². The average molecular weight is 745 g/mol. The fraction of sp³-hybridized carbons (Fsp3) is 0. The molecule has 0 N–H and O–H groups in total. The molecule has 2 aliphatic heterocycles. The Morgan fingerprint density at radius 1 is 0.575 bits per heavy atom. The molecule has 0 fully saturated rings. The van der Waals surface area contributed by atoms with Crippen molar-refractivity contribution in [3.8, 4) is 22.5 Å². The molecular formula is C34H21IrN2PS2-2. The molecule has 8 rings (SSSR count). The van der Waals surface area contributed by atoms with E-state index in [1.807, 2.05) is 84.3 Å². The quantitative estimate of drug-likeness (QED) is 0.134. The fourth-order valence-electron chi connectivity index (χ4n) is 4.68. The first kappa shape index (κ1) is 27.1. The Kier molecular flexibility index (Phi) is 8.30. The van der Waals surface area contributed by atoms with Crippen LogP contribution in [0.5, 0.6) is 0 Å². The molecule has 4 heterocycles. The summed E-state index contributed by atoms with van der Waals surface area (Å²) < 4.78 is 0. The first-order valence-corrected chi connectivity index (χ1v) is 15.6. The van der Waals surface area contributed by atoms with Crippen LogP contribution < -0.4 is 15.9 Å². The van der Waals surface area contributed by atoms with Crippen LogP contribution in [0.4, 0.5) is 0 Å². The van der Waals surface area contributed by atoms with Crippen LogP contribution in [0.1, 0.15) is 0 Å². The van der Waals surface area contributed by atoms with Crippen LogP contribution in [-0.2, 0) is 20.1 Å². The number of fused-ring (bicyclic) bond motifs is 4. The Labute approximate surface area is 257 Å². The molecule has 1 radical (unpaired) electrons. The van der Waals surface area contributed by atoms with Crippen molar-refractivity contribution in [2.24, 2.45) is 0 Å². The van der Waals surface area contributed by atoms with Gasteiger partial charge in [0.1, 0.15) is 0 Å². The largest absolute Gasteiger partial charge is 0.305 e. The second-order valence-corrected chi connectivity index (χ2v) is 13.1. The van der Waals surface area contributed by atoms with Gasteiger partial charge in [-0.1, -0.05) is 83.7 Å². The first-order valence-electron chi connectivity index (χ1n) is 12.6. The monoisotopic (exact) mass is 745 g/mol. The van der Waals surface area contributed by atoms with E-state index in [9.17, 15) is 0 Å². The van der Waals surface area contributed by atoms with Gasteiger partial charge in [0.25, 0.3) is 0 Å². The Balaban J connectivity index is 0.000000188. The van der Waals surface area contributed by atoms with Gasteiger partial charge in [0.2, 0.25) is 0 Å². The van der Waals surface area contributed by atoms with Crippen molar-refractivity contribution in [1.82, 2.24) is 9.97 Å². The molecule has 1 atom stereocenters. The van der Waals surface area contributed by atoms with Gasteiger partial charge in [0.15, 0.2) is 0 Å². The molecule has 0 saturated carbocycles. The Hall–Kier alpha value is -3.04. The topological polar surface area (TPSA) is 25.8 Å². The molecule has 0 spiro atoms. The summed E-state index contributed by atoms with van der Waals surface area (Å²) in [5, 5.41) is 4.41. The van der Waals surface area contributed by atoms with E-state index in [0.29, 0.717) is 0 Å². The van der Waals surface area contributed by atoms with Crippen molar-refractivity contribution >= 4 is 47.4 Å². The summed E-state index contributed by atoms with van der Waals surface area (Å²) in [6, 6.07) is 46.6. The maximum Gasteiger partial charge on any atom is 0.0182 e. The maximum atomic E-state index is 4.55. The fourth-order valence-corrected chi connectivity index (χ4v) is 10.6. The minimum Gasteiger partial charge on any atom is -0.305 e. The van der Waals surface area contributed by atoms with Gasteiger partial charge in [-0.3, -0.25) is 0 Å². The van der Waals surface area contributed by atoms with Crippen molar-refractivity contribution < 1.29 is 20.1 Å². The van der Waals surface area contributed by atoms with E-state index in [1.54, 1.807) is 6.20 Å². The predicted molar refractivity (Wildman–Crippen MR) is 164 cm³/mol. The summed E-state index contributed by atoms with van der Waals surface area (Å²) in [6.07, 6.45) is 3.64.